The lowest BCUT2D eigenvalue weighted by Crippen LogP contribution is -2.43. The third-order valence-corrected chi connectivity index (χ3v) is 2.62. The number of likely N-dealkylation sites (tertiary alicyclic amines) is 1. The molecule has 0 radical (unpaired) electrons. The van der Waals surface area contributed by atoms with Crippen LogP contribution in [0.25, 0.3) is 0 Å². The highest BCUT2D eigenvalue weighted by Crippen LogP contribution is 2.34. The zero-order valence-electron chi connectivity index (χ0n) is 9.09. The van der Waals surface area contributed by atoms with E-state index in [1.807, 2.05) is 34.6 Å². The van der Waals surface area contributed by atoms with Crippen LogP contribution in [0.4, 0.5) is 0 Å². The van der Waals surface area contributed by atoms with Crippen LogP contribution in [0.3, 0.4) is 0 Å². The van der Waals surface area contributed by atoms with E-state index in [1.54, 1.807) is 4.90 Å². The van der Waals surface area contributed by atoms with Crippen molar-refractivity contribution in [3.05, 3.63) is 0 Å². The van der Waals surface area contributed by atoms with Crippen molar-refractivity contribution < 1.29 is 9.90 Å². The summed E-state index contributed by atoms with van der Waals surface area (Å²) in [5, 5.41) is 9.67. The minimum atomic E-state index is -0.841. The number of carbonyl (C=O) groups is 1. The van der Waals surface area contributed by atoms with Gasteiger partial charge in [-0.25, -0.2) is 0 Å². The van der Waals surface area contributed by atoms with Crippen LogP contribution in [-0.4, -0.2) is 34.1 Å². The maximum atomic E-state index is 11.6. The fourth-order valence-corrected chi connectivity index (χ4v) is 1.62. The zero-order chi connectivity index (χ0) is 10.4. The van der Waals surface area contributed by atoms with E-state index in [2.05, 4.69) is 0 Å². The number of rotatable bonds is 0. The molecule has 1 aliphatic heterocycles. The molecular weight excluding hydrogens is 166 g/mol. The SMILES string of the molecule is CC1(C)CN(C(C)(C)C)C(=O)C1O. The van der Waals surface area contributed by atoms with Gasteiger partial charge in [0.25, 0.3) is 5.91 Å². The lowest BCUT2D eigenvalue weighted by atomic mass is 9.90. The lowest BCUT2D eigenvalue weighted by Gasteiger charge is -2.32. The molecule has 13 heavy (non-hydrogen) atoms. The van der Waals surface area contributed by atoms with Gasteiger partial charge in [-0.15, -0.1) is 0 Å². The largest absolute Gasteiger partial charge is 0.383 e. The Hall–Kier alpha value is -0.570. The van der Waals surface area contributed by atoms with Gasteiger partial charge in [0, 0.05) is 17.5 Å². The van der Waals surface area contributed by atoms with Crippen LogP contribution in [-0.2, 0) is 4.79 Å². The second-order valence-corrected chi connectivity index (χ2v) is 5.49. The van der Waals surface area contributed by atoms with Crippen LogP contribution in [0.2, 0.25) is 0 Å². The van der Waals surface area contributed by atoms with Crippen LogP contribution in [0, 0.1) is 5.41 Å². The van der Waals surface area contributed by atoms with Crippen molar-refractivity contribution in [2.45, 2.75) is 46.3 Å². The summed E-state index contributed by atoms with van der Waals surface area (Å²) < 4.78 is 0. The minimum Gasteiger partial charge on any atom is -0.383 e. The monoisotopic (exact) mass is 185 g/mol. The number of amides is 1. The molecule has 1 N–H and O–H groups in total. The van der Waals surface area contributed by atoms with Crippen molar-refractivity contribution in [2.75, 3.05) is 6.54 Å². The van der Waals surface area contributed by atoms with Gasteiger partial charge < -0.3 is 10.0 Å². The summed E-state index contributed by atoms with van der Waals surface area (Å²) in [6, 6.07) is 0. The first-order chi connectivity index (χ1) is 5.66. The molecule has 1 saturated heterocycles. The number of carbonyl (C=O) groups excluding carboxylic acids is 1. The summed E-state index contributed by atoms with van der Waals surface area (Å²) in [5.74, 6) is -0.141. The molecule has 0 aromatic rings. The van der Waals surface area contributed by atoms with E-state index in [-0.39, 0.29) is 16.9 Å². The first-order valence-corrected chi connectivity index (χ1v) is 4.66. The molecule has 1 atom stereocenters. The summed E-state index contributed by atoms with van der Waals surface area (Å²) in [5.41, 5.74) is -0.504. The van der Waals surface area contributed by atoms with Crippen molar-refractivity contribution >= 4 is 5.91 Å². The van der Waals surface area contributed by atoms with E-state index in [9.17, 15) is 9.90 Å². The third-order valence-electron chi connectivity index (χ3n) is 2.62. The Labute approximate surface area is 79.7 Å². The molecule has 1 fully saturated rings. The van der Waals surface area contributed by atoms with Gasteiger partial charge >= 0.3 is 0 Å². The average Bonchev–Trinajstić information content (AvgIpc) is 2.12. The summed E-state index contributed by atoms with van der Waals surface area (Å²) in [6.07, 6.45) is -0.841. The molecule has 0 saturated carbocycles. The molecule has 3 heteroatoms. The molecular formula is C10H19NO2. The molecule has 1 rings (SSSR count). The second kappa shape index (κ2) is 2.71. The van der Waals surface area contributed by atoms with Crippen LogP contribution in [0.5, 0.6) is 0 Å². The van der Waals surface area contributed by atoms with Crippen molar-refractivity contribution in [3.63, 3.8) is 0 Å². The highest BCUT2D eigenvalue weighted by molar-refractivity contribution is 5.84. The summed E-state index contributed by atoms with van der Waals surface area (Å²) >= 11 is 0. The van der Waals surface area contributed by atoms with Crippen LogP contribution in [0.1, 0.15) is 34.6 Å². The maximum absolute atomic E-state index is 11.6. The molecule has 3 nitrogen and oxygen atoms in total. The Kier molecular flexibility index (Phi) is 2.19. The minimum absolute atomic E-state index is 0.141. The zero-order valence-corrected chi connectivity index (χ0v) is 9.09. The lowest BCUT2D eigenvalue weighted by molar-refractivity contribution is -0.139. The van der Waals surface area contributed by atoms with Gasteiger partial charge in [0.2, 0.25) is 0 Å². The standard InChI is InChI=1S/C10H19NO2/c1-9(2,3)11-6-10(4,5)7(12)8(11)13/h7,12H,6H2,1-5H3. The molecule has 0 aromatic heterocycles. The molecule has 0 aromatic carbocycles. The molecule has 1 heterocycles. The number of aliphatic hydroxyl groups is 1. The number of nitrogens with zero attached hydrogens (tertiary/aromatic N) is 1. The Morgan fingerprint density at radius 2 is 1.92 bits per heavy atom. The van der Waals surface area contributed by atoms with Gasteiger partial charge in [0.1, 0.15) is 6.10 Å². The van der Waals surface area contributed by atoms with Gasteiger partial charge in [-0.05, 0) is 20.8 Å². The smallest absolute Gasteiger partial charge is 0.252 e. The molecule has 1 unspecified atom stereocenters. The highest BCUT2D eigenvalue weighted by Gasteiger charge is 2.48. The quantitative estimate of drug-likeness (QED) is 0.612. The van der Waals surface area contributed by atoms with Crippen LogP contribution in [0.15, 0.2) is 0 Å². The Morgan fingerprint density at radius 3 is 2.08 bits per heavy atom. The third kappa shape index (κ3) is 1.70. The van der Waals surface area contributed by atoms with E-state index in [0.717, 1.165) is 0 Å². The number of aliphatic hydroxyl groups excluding tert-OH is 1. The normalized spacial score (nSPS) is 28.3. The molecule has 1 amide bonds. The average molecular weight is 185 g/mol. The molecule has 1 aliphatic rings. The van der Waals surface area contributed by atoms with Gasteiger partial charge in [0.15, 0.2) is 0 Å². The fourth-order valence-electron chi connectivity index (χ4n) is 1.62. The predicted molar refractivity (Wildman–Crippen MR) is 51.3 cm³/mol. The van der Waals surface area contributed by atoms with E-state index in [4.69, 9.17) is 0 Å². The molecule has 0 spiro atoms. The van der Waals surface area contributed by atoms with E-state index in [1.165, 1.54) is 0 Å². The Balaban J connectivity index is 2.91. The predicted octanol–water partition coefficient (Wildman–Crippen LogP) is 1.01. The summed E-state index contributed by atoms with van der Waals surface area (Å²) in [6.45, 7) is 10.4. The van der Waals surface area contributed by atoms with Crippen molar-refractivity contribution in [1.82, 2.24) is 4.90 Å². The summed E-state index contributed by atoms with van der Waals surface area (Å²) in [4.78, 5) is 13.4. The number of hydrogen-bond donors (Lipinski definition) is 1. The Morgan fingerprint density at radius 1 is 1.46 bits per heavy atom. The van der Waals surface area contributed by atoms with E-state index >= 15 is 0 Å². The first-order valence-electron chi connectivity index (χ1n) is 4.66. The van der Waals surface area contributed by atoms with Crippen molar-refractivity contribution in [2.24, 2.45) is 5.41 Å². The molecule has 0 bridgehead atoms. The van der Waals surface area contributed by atoms with E-state index < -0.39 is 6.10 Å². The van der Waals surface area contributed by atoms with Gasteiger partial charge in [-0.3, -0.25) is 4.79 Å². The fraction of sp³-hybridized carbons (Fsp3) is 0.900. The maximum Gasteiger partial charge on any atom is 0.252 e. The molecule has 0 aliphatic carbocycles. The van der Waals surface area contributed by atoms with Crippen molar-refractivity contribution in [1.29, 1.82) is 0 Å². The highest BCUT2D eigenvalue weighted by atomic mass is 16.3. The topological polar surface area (TPSA) is 40.5 Å². The first kappa shape index (κ1) is 10.5. The molecule has 76 valence electrons. The van der Waals surface area contributed by atoms with E-state index in [0.29, 0.717) is 6.54 Å². The second-order valence-electron chi connectivity index (χ2n) is 5.49. The van der Waals surface area contributed by atoms with Gasteiger partial charge in [-0.1, -0.05) is 13.8 Å². The number of hydrogen-bond acceptors (Lipinski definition) is 2. The van der Waals surface area contributed by atoms with Crippen molar-refractivity contribution in [3.8, 4) is 0 Å². The summed E-state index contributed by atoms with van der Waals surface area (Å²) in [7, 11) is 0. The van der Waals surface area contributed by atoms with Gasteiger partial charge in [0.05, 0.1) is 0 Å². The van der Waals surface area contributed by atoms with Gasteiger partial charge in [-0.2, -0.15) is 0 Å². The Bertz CT molecular complexity index is 228. The van der Waals surface area contributed by atoms with Crippen LogP contribution < -0.4 is 0 Å². The van der Waals surface area contributed by atoms with Crippen LogP contribution >= 0.6 is 0 Å².